The summed E-state index contributed by atoms with van der Waals surface area (Å²) in [5.74, 6) is -0.521. The Balaban J connectivity index is 1.94. The molecule has 0 fully saturated rings. The van der Waals surface area contributed by atoms with Crippen LogP contribution >= 0.6 is 27.7 Å². The van der Waals surface area contributed by atoms with Gasteiger partial charge in [-0.25, -0.2) is 8.42 Å². The van der Waals surface area contributed by atoms with Crippen molar-refractivity contribution in [1.82, 2.24) is 0 Å². The zero-order valence-corrected chi connectivity index (χ0v) is 18.0. The van der Waals surface area contributed by atoms with Crippen LogP contribution in [-0.2, 0) is 10.0 Å². The number of benzene rings is 3. The van der Waals surface area contributed by atoms with Crippen LogP contribution in [0.5, 0.6) is 0 Å². The Bertz CT molecular complexity index is 1110. The zero-order valence-electron chi connectivity index (χ0n) is 14.8. The molecule has 28 heavy (non-hydrogen) atoms. The lowest BCUT2D eigenvalue weighted by Crippen LogP contribution is -2.22. The molecular weight excluding hydrogens is 460 g/mol. The average molecular weight is 476 g/mol. The first-order chi connectivity index (χ1) is 13.4. The fourth-order valence-corrected chi connectivity index (χ4v) is 4.23. The molecule has 0 radical (unpaired) electrons. The Morgan fingerprint density at radius 3 is 2.46 bits per heavy atom. The van der Waals surface area contributed by atoms with Crippen LogP contribution in [0.3, 0.4) is 0 Å². The molecule has 3 rings (SSSR count). The molecule has 0 saturated heterocycles. The number of rotatable bonds is 6. The van der Waals surface area contributed by atoms with Crippen molar-refractivity contribution < 1.29 is 13.5 Å². The van der Waals surface area contributed by atoms with Gasteiger partial charge in [-0.15, -0.1) is 11.8 Å². The molecule has 0 bridgehead atoms. The molecule has 3 aromatic rings. The van der Waals surface area contributed by atoms with E-state index < -0.39 is 15.9 Å². The number of hydrogen-bond acceptors (Lipinski definition) is 5. The van der Waals surface area contributed by atoms with Crippen molar-refractivity contribution in [3.05, 3.63) is 82.8 Å². The number of aliphatic imine (C=N–C) groups is 1. The molecule has 0 spiro atoms. The molecule has 0 aliphatic rings. The highest BCUT2D eigenvalue weighted by molar-refractivity contribution is 9.10. The molecule has 5 nitrogen and oxygen atoms in total. The van der Waals surface area contributed by atoms with Crippen LogP contribution in [0.15, 0.2) is 92.1 Å². The monoisotopic (exact) mass is 475 g/mol. The first-order valence-electron chi connectivity index (χ1n) is 8.16. The lowest BCUT2D eigenvalue weighted by atomic mass is 10.2. The van der Waals surface area contributed by atoms with Crippen molar-refractivity contribution in [2.24, 2.45) is 4.99 Å². The minimum atomic E-state index is -3.84. The summed E-state index contributed by atoms with van der Waals surface area (Å²) in [6.07, 6.45) is 1.94. The maximum absolute atomic E-state index is 12.7. The fourth-order valence-electron chi connectivity index (χ4n) is 2.43. The number of thioether (sulfide) groups is 1. The van der Waals surface area contributed by atoms with Crippen LogP contribution in [0, 0.1) is 0 Å². The number of para-hydroxylation sites is 1. The highest BCUT2D eigenvalue weighted by Crippen LogP contribution is 2.24. The van der Waals surface area contributed by atoms with E-state index in [1.54, 1.807) is 54.2 Å². The number of hydrogen-bond donors (Lipinski definition) is 1. The molecule has 0 aliphatic carbocycles. The molecule has 1 N–H and O–H groups in total. The van der Waals surface area contributed by atoms with Crippen LogP contribution in [0.4, 0.5) is 11.4 Å². The topological polar surface area (TPSA) is 81.6 Å². The highest BCUT2D eigenvalue weighted by Gasteiger charge is 2.16. The van der Waals surface area contributed by atoms with Gasteiger partial charge in [0.25, 0.3) is 10.0 Å². The summed E-state index contributed by atoms with van der Waals surface area (Å²) in [4.78, 5) is 5.20. The summed E-state index contributed by atoms with van der Waals surface area (Å²) in [5, 5.41) is 12.7. The average Bonchev–Trinajstić information content (AvgIpc) is 2.68. The van der Waals surface area contributed by atoms with Crippen LogP contribution < -0.4 is 9.83 Å². The van der Waals surface area contributed by atoms with E-state index in [1.807, 2.05) is 18.4 Å². The summed E-state index contributed by atoms with van der Waals surface area (Å²) in [5.41, 5.74) is 0.875. The second-order valence-electron chi connectivity index (χ2n) is 5.72. The predicted molar refractivity (Wildman–Crippen MR) is 116 cm³/mol. The van der Waals surface area contributed by atoms with Crippen molar-refractivity contribution in [3.63, 3.8) is 0 Å². The normalized spacial score (nSPS) is 12.0. The van der Waals surface area contributed by atoms with Gasteiger partial charge in [0, 0.05) is 14.9 Å². The SMILES string of the molecule is CSc1cccc(N=C([O-])c2ccccc2NS(=O)(=O)c2ccc(Br)cc2)c1. The summed E-state index contributed by atoms with van der Waals surface area (Å²) >= 11 is 4.83. The van der Waals surface area contributed by atoms with Crippen molar-refractivity contribution in [3.8, 4) is 0 Å². The van der Waals surface area contributed by atoms with Crippen molar-refractivity contribution >= 4 is 55.0 Å². The van der Waals surface area contributed by atoms with Gasteiger partial charge in [-0.2, -0.15) is 0 Å². The Morgan fingerprint density at radius 1 is 1.04 bits per heavy atom. The van der Waals surface area contributed by atoms with Gasteiger partial charge in [0.15, 0.2) is 0 Å². The summed E-state index contributed by atoms with van der Waals surface area (Å²) in [7, 11) is -3.84. The van der Waals surface area contributed by atoms with Crippen molar-refractivity contribution in [2.75, 3.05) is 11.0 Å². The first-order valence-corrected chi connectivity index (χ1v) is 11.7. The van der Waals surface area contributed by atoms with Gasteiger partial charge in [0.2, 0.25) is 0 Å². The second kappa shape index (κ2) is 8.81. The molecule has 0 aliphatic heterocycles. The number of nitrogens with one attached hydrogen (secondary N) is 1. The predicted octanol–water partition coefficient (Wildman–Crippen LogP) is 4.41. The van der Waals surface area contributed by atoms with Gasteiger partial charge in [-0.1, -0.05) is 40.2 Å². The molecule has 0 heterocycles. The van der Waals surface area contributed by atoms with E-state index in [-0.39, 0.29) is 16.1 Å². The van der Waals surface area contributed by atoms with Crippen LogP contribution in [0.2, 0.25) is 0 Å². The second-order valence-corrected chi connectivity index (χ2v) is 9.20. The molecular formula is C20H16BrN2O3S2-. The maximum atomic E-state index is 12.7. The first kappa shape index (κ1) is 20.4. The van der Waals surface area contributed by atoms with E-state index in [1.165, 1.54) is 18.2 Å². The van der Waals surface area contributed by atoms with E-state index >= 15 is 0 Å². The molecule has 0 saturated carbocycles. The molecule has 0 amide bonds. The molecule has 3 aromatic carbocycles. The Morgan fingerprint density at radius 2 is 1.75 bits per heavy atom. The van der Waals surface area contributed by atoms with Gasteiger partial charge >= 0.3 is 0 Å². The largest absolute Gasteiger partial charge is 0.858 e. The minimum Gasteiger partial charge on any atom is -0.858 e. The van der Waals surface area contributed by atoms with Gasteiger partial charge in [-0.05, 0) is 60.7 Å². The highest BCUT2D eigenvalue weighted by atomic mass is 79.9. The van der Waals surface area contributed by atoms with Crippen LogP contribution in [0.25, 0.3) is 0 Å². The Labute approximate surface area is 176 Å². The minimum absolute atomic E-state index is 0.0996. The zero-order chi connectivity index (χ0) is 20.1. The Hall–Kier alpha value is -2.29. The fraction of sp³-hybridized carbons (Fsp3) is 0.0500. The van der Waals surface area contributed by atoms with E-state index in [0.29, 0.717) is 5.69 Å². The van der Waals surface area contributed by atoms with Crippen LogP contribution in [0.1, 0.15) is 5.56 Å². The standard InChI is InChI=1S/C20H17BrN2O3S2/c1-27-16-6-4-5-15(13-16)22-20(24)18-7-2-3-8-19(18)23-28(25,26)17-11-9-14(21)10-12-17/h2-13,23H,1H3,(H,22,24)/p-1. The summed E-state index contributed by atoms with van der Waals surface area (Å²) < 4.78 is 28.6. The molecule has 0 aromatic heterocycles. The van der Waals surface area contributed by atoms with Crippen molar-refractivity contribution in [2.45, 2.75) is 9.79 Å². The molecule has 8 heteroatoms. The van der Waals surface area contributed by atoms with E-state index in [4.69, 9.17) is 0 Å². The molecule has 0 unspecified atom stereocenters. The number of halogens is 1. The summed E-state index contributed by atoms with van der Waals surface area (Å²) in [6, 6.07) is 19.9. The maximum Gasteiger partial charge on any atom is 0.261 e. The van der Waals surface area contributed by atoms with E-state index in [0.717, 1.165) is 9.37 Å². The lowest BCUT2D eigenvalue weighted by Gasteiger charge is -2.17. The third-order valence-corrected chi connectivity index (χ3v) is 6.45. The lowest BCUT2D eigenvalue weighted by molar-refractivity contribution is -0.212. The van der Waals surface area contributed by atoms with Gasteiger partial charge in [0.1, 0.15) is 0 Å². The van der Waals surface area contributed by atoms with Gasteiger partial charge in [-0.3, -0.25) is 9.71 Å². The van der Waals surface area contributed by atoms with Gasteiger partial charge in [0.05, 0.1) is 16.3 Å². The number of sulfonamides is 1. The molecule has 144 valence electrons. The van der Waals surface area contributed by atoms with Crippen molar-refractivity contribution in [1.29, 1.82) is 0 Å². The quantitative estimate of drug-likeness (QED) is 0.325. The molecule has 0 atom stereocenters. The third-order valence-electron chi connectivity index (χ3n) is 3.81. The number of anilines is 1. The third kappa shape index (κ3) is 4.95. The van der Waals surface area contributed by atoms with Crippen LogP contribution in [-0.4, -0.2) is 20.6 Å². The van der Waals surface area contributed by atoms with E-state index in [2.05, 4.69) is 25.6 Å². The smallest absolute Gasteiger partial charge is 0.261 e. The number of nitrogens with zero attached hydrogens (tertiary/aromatic N) is 1. The summed E-state index contributed by atoms with van der Waals surface area (Å²) in [6.45, 7) is 0. The van der Waals surface area contributed by atoms with E-state index in [9.17, 15) is 13.5 Å². The van der Waals surface area contributed by atoms with Gasteiger partial charge < -0.3 is 5.11 Å². The Kier molecular flexibility index (Phi) is 6.43.